The van der Waals surface area contributed by atoms with Gasteiger partial charge < -0.3 is 5.73 Å². The Morgan fingerprint density at radius 1 is 1.13 bits per heavy atom. The Labute approximate surface area is 97.3 Å². The van der Waals surface area contributed by atoms with Crippen molar-refractivity contribution < 1.29 is 0 Å². The molecule has 3 heteroatoms. The summed E-state index contributed by atoms with van der Waals surface area (Å²) in [5, 5.41) is 0. The Morgan fingerprint density at radius 2 is 1.87 bits per heavy atom. The molecule has 1 heterocycles. The lowest BCUT2D eigenvalue weighted by molar-refractivity contribution is 1.30. The van der Waals surface area contributed by atoms with E-state index in [4.69, 9.17) is 5.73 Å². The summed E-state index contributed by atoms with van der Waals surface area (Å²) in [6, 6.07) is 11.8. The summed E-state index contributed by atoms with van der Waals surface area (Å²) in [4.78, 5) is 4.33. The Hall–Kier alpha value is -1.35. The smallest absolute Gasteiger partial charge is 0.124 e. The lowest BCUT2D eigenvalue weighted by Crippen LogP contribution is -1.94. The first kappa shape index (κ1) is 10.2. The third-order valence-corrected chi connectivity index (χ3v) is 2.91. The first-order valence-corrected chi connectivity index (χ1v) is 5.46. The van der Waals surface area contributed by atoms with Crippen LogP contribution in [-0.4, -0.2) is 4.98 Å². The van der Waals surface area contributed by atoms with E-state index in [0.29, 0.717) is 5.82 Å². The molecule has 0 aliphatic heterocycles. The van der Waals surface area contributed by atoms with Crippen LogP contribution < -0.4 is 5.73 Å². The number of hydrogen-bond donors (Lipinski definition) is 1. The maximum atomic E-state index is 5.68. The van der Waals surface area contributed by atoms with Crippen LogP contribution in [0, 0.1) is 6.92 Å². The maximum Gasteiger partial charge on any atom is 0.124 e. The topological polar surface area (TPSA) is 38.9 Å². The highest BCUT2D eigenvalue weighted by atomic mass is 79.9. The lowest BCUT2D eigenvalue weighted by atomic mass is 10.1. The van der Waals surface area contributed by atoms with E-state index in [-0.39, 0.29) is 0 Å². The molecule has 1 aromatic heterocycles. The molecule has 0 saturated carbocycles. The molecule has 76 valence electrons. The average molecular weight is 263 g/mol. The van der Waals surface area contributed by atoms with Gasteiger partial charge in [-0.05, 0) is 40.5 Å². The highest BCUT2D eigenvalue weighted by Gasteiger charge is 2.07. The van der Waals surface area contributed by atoms with Crippen molar-refractivity contribution in [2.45, 2.75) is 6.92 Å². The summed E-state index contributed by atoms with van der Waals surface area (Å²) in [6.45, 7) is 2.06. The molecule has 1 aromatic carbocycles. The van der Waals surface area contributed by atoms with Crippen molar-refractivity contribution in [2.75, 3.05) is 5.73 Å². The second-order valence-electron chi connectivity index (χ2n) is 3.38. The van der Waals surface area contributed by atoms with Gasteiger partial charge in [0.2, 0.25) is 0 Å². The highest BCUT2D eigenvalue weighted by Crippen LogP contribution is 2.29. The van der Waals surface area contributed by atoms with E-state index < -0.39 is 0 Å². The normalized spacial score (nSPS) is 10.3. The van der Waals surface area contributed by atoms with E-state index in [2.05, 4.69) is 33.9 Å². The SMILES string of the molecule is Cc1ccccc1-c1nc(N)ccc1Br. The van der Waals surface area contributed by atoms with Gasteiger partial charge in [0.05, 0.1) is 5.69 Å². The van der Waals surface area contributed by atoms with Gasteiger partial charge in [-0.3, -0.25) is 0 Å². The first-order chi connectivity index (χ1) is 7.18. The van der Waals surface area contributed by atoms with Crippen LogP contribution in [-0.2, 0) is 0 Å². The van der Waals surface area contributed by atoms with E-state index >= 15 is 0 Å². The predicted octanol–water partition coefficient (Wildman–Crippen LogP) is 3.40. The summed E-state index contributed by atoms with van der Waals surface area (Å²) in [6.07, 6.45) is 0. The van der Waals surface area contributed by atoms with Gasteiger partial charge in [0.25, 0.3) is 0 Å². The molecule has 0 atom stereocenters. The number of aromatic nitrogens is 1. The van der Waals surface area contributed by atoms with Gasteiger partial charge in [-0.2, -0.15) is 0 Å². The van der Waals surface area contributed by atoms with E-state index in [1.165, 1.54) is 5.56 Å². The second-order valence-corrected chi connectivity index (χ2v) is 4.24. The second kappa shape index (κ2) is 4.03. The summed E-state index contributed by atoms with van der Waals surface area (Å²) in [5.74, 6) is 0.538. The fourth-order valence-corrected chi connectivity index (χ4v) is 1.92. The van der Waals surface area contributed by atoms with Gasteiger partial charge in [0.1, 0.15) is 5.82 Å². The molecule has 0 spiro atoms. The summed E-state index contributed by atoms with van der Waals surface area (Å²) in [7, 11) is 0. The van der Waals surface area contributed by atoms with Crippen LogP contribution in [0.1, 0.15) is 5.56 Å². The maximum absolute atomic E-state index is 5.68. The number of benzene rings is 1. The highest BCUT2D eigenvalue weighted by molar-refractivity contribution is 9.10. The fourth-order valence-electron chi connectivity index (χ4n) is 1.48. The Bertz CT molecular complexity index is 495. The minimum Gasteiger partial charge on any atom is -0.384 e. The van der Waals surface area contributed by atoms with Crippen molar-refractivity contribution in [3.63, 3.8) is 0 Å². The number of nitrogens with two attached hydrogens (primary N) is 1. The number of rotatable bonds is 1. The van der Waals surface area contributed by atoms with Crippen molar-refractivity contribution in [3.8, 4) is 11.3 Å². The summed E-state index contributed by atoms with van der Waals surface area (Å²) >= 11 is 3.48. The van der Waals surface area contributed by atoms with Crippen molar-refractivity contribution in [1.82, 2.24) is 4.98 Å². The number of hydrogen-bond acceptors (Lipinski definition) is 2. The van der Waals surface area contributed by atoms with Crippen LogP contribution in [0.25, 0.3) is 11.3 Å². The van der Waals surface area contributed by atoms with Gasteiger partial charge in [-0.15, -0.1) is 0 Å². The van der Waals surface area contributed by atoms with E-state index in [0.717, 1.165) is 15.7 Å². The molecule has 0 saturated heterocycles. The number of aryl methyl sites for hydroxylation is 1. The predicted molar refractivity (Wildman–Crippen MR) is 66.5 cm³/mol. The molecule has 0 amide bonds. The van der Waals surface area contributed by atoms with Crippen molar-refractivity contribution in [2.24, 2.45) is 0 Å². The summed E-state index contributed by atoms with van der Waals surface area (Å²) < 4.78 is 0.964. The molecule has 2 nitrogen and oxygen atoms in total. The molecule has 0 aliphatic carbocycles. The quantitative estimate of drug-likeness (QED) is 0.856. The van der Waals surface area contributed by atoms with E-state index in [1.807, 2.05) is 24.3 Å². The minimum atomic E-state index is 0.538. The number of anilines is 1. The first-order valence-electron chi connectivity index (χ1n) is 4.66. The van der Waals surface area contributed by atoms with Crippen LogP contribution in [0.5, 0.6) is 0 Å². The molecule has 2 rings (SSSR count). The molecule has 0 radical (unpaired) electrons. The molecule has 0 fully saturated rings. The molecule has 0 bridgehead atoms. The molecule has 0 unspecified atom stereocenters. The summed E-state index contributed by atoms with van der Waals surface area (Å²) in [5.41, 5.74) is 8.88. The molecule has 2 aromatic rings. The standard InChI is InChI=1S/C12H11BrN2/c1-8-4-2-3-5-9(8)12-10(13)6-7-11(14)15-12/h2-7H,1H3,(H2,14,15). The zero-order valence-corrected chi connectivity index (χ0v) is 9.95. The van der Waals surface area contributed by atoms with Crippen molar-refractivity contribution >= 4 is 21.7 Å². The number of nitrogens with zero attached hydrogens (tertiary/aromatic N) is 1. The van der Waals surface area contributed by atoms with Gasteiger partial charge in [0.15, 0.2) is 0 Å². The zero-order valence-electron chi connectivity index (χ0n) is 8.37. The number of nitrogen functional groups attached to an aromatic ring is 1. The van der Waals surface area contributed by atoms with Gasteiger partial charge in [-0.1, -0.05) is 24.3 Å². The number of pyridine rings is 1. The monoisotopic (exact) mass is 262 g/mol. The van der Waals surface area contributed by atoms with Crippen LogP contribution in [0.2, 0.25) is 0 Å². The third-order valence-electron chi connectivity index (χ3n) is 2.27. The Kier molecular flexibility index (Phi) is 2.73. The largest absolute Gasteiger partial charge is 0.384 e. The van der Waals surface area contributed by atoms with Gasteiger partial charge >= 0.3 is 0 Å². The lowest BCUT2D eigenvalue weighted by Gasteiger charge is -2.07. The van der Waals surface area contributed by atoms with Crippen molar-refractivity contribution in [1.29, 1.82) is 0 Å². The van der Waals surface area contributed by atoms with Crippen LogP contribution in [0.4, 0.5) is 5.82 Å². The zero-order chi connectivity index (χ0) is 10.8. The molecule has 15 heavy (non-hydrogen) atoms. The van der Waals surface area contributed by atoms with Gasteiger partial charge in [0, 0.05) is 10.0 Å². The van der Waals surface area contributed by atoms with Crippen molar-refractivity contribution in [3.05, 3.63) is 46.4 Å². The third kappa shape index (κ3) is 2.02. The van der Waals surface area contributed by atoms with Crippen LogP contribution in [0.15, 0.2) is 40.9 Å². The molecular weight excluding hydrogens is 252 g/mol. The van der Waals surface area contributed by atoms with E-state index in [9.17, 15) is 0 Å². The average Bonchev–Trinajstić information content (AvgIpc) is 2.23. The molecule has 2 N–H and O–H groups in total. The Balaban J connectivity index is 2.64. The van der Waals surface area contributed by atoms with E-state index in [1.54, 1.807) is 6.07 Å². The Morgan fingerprint density at radius 3 is 2.60 bits per heavy atom. The number of halogens is 1. The molecular formula is C12H11BrN2. The van der Waals surface area contributed by atoms with Crippen LogP contribution >= 0.6 is 15.9 Å². The van der Waals surface area contributed by atoms with Crippen LogP contribution in [0.3, 0.4) is 0 Å². The minimum absolute atomic E-state index is 0.538. The molecule has 0 aliphatic rings. The van der Waals surface area contributed by atoms with Gasteiger partial charge in [-0.25, -0.2) is 4.98 Å². The fraction of sp³-hybridized carbons (Fsp3) is 0.0833.